The number of nitrogens with two attached hydrogens (primary N) is 1. The molecule has 3 aromatic rings. The minimum atomic E-state index is -0.856. The molecule has 0 radical (unpaired) electrons. The first kappa shape index (κ1) is 15.2. The van der Waals surface area contributed by atoms with Gasteiger partial charge in [-0.2, -0.15) is 0 Å². The lowest BCUT2D eigenvalue weighted by Gasteiger charge is -2.10. The molecule has 118 valence electrons. The van der Waals surface area contributed by atoms with Crippen LogP contribution in [0.25, 0.3) is 22.2 Å². The van der Waals surface area contributed by atoms with Gasteiger partial charge >= 0.3 is 5.97 Å². The van der Waals surface area contributed by atoms with Crippen LogP contribution >= 0.6 is 11.6 Å². The van der Waals surface area contributed by atoms with Gasteiger partial charge in [-0.25, -0.2) is 18.6 Å². The van der Waals surface area contributed by atoms with Crippen LogP contribution in [0.15, 0.2) is 24.4 Å². The van der Waals surface area contributed by atoms with Gasteiger partial charge in [0.2, 0.25) is 0 Å². The third kappa shape index (κ3) is 2.39. The Hall–Kier alpha value is -2.67. The Kier molecular flexibility index (Phi) is 3.65. The van der Waals surface area contributed by atoms with Gasteiger partial charge in [-0.3, -0.25) is 0 Å². The zero-order valence-electron chi connectivity index (χ0n) is 11.8. The molecule has 0 saturated heterocycles. The standard InChI is InChI=1S/C15H10ClF2N3O2/c1-23-15(22)14-11(16)8(19)5-9(21-14)10-7(17)4-6-2-3-20-13(6)12(10)18/h2-5,20H,1H3,(H2,19,21). The first-order valence-electron chi connectivity index (χ1n) is 6.43. The number of methoxy groups -OCH3 is 1. The lowest BCUT2D eigenvalue weighted by molar-refractivity contribution is 0.0594. The minimum Gasteiger partial charge on any atom is -0.464 e. The molecule has 3 rings (SSSR count). The second-order valence-corrected chi connectivity index (χ2v) is 5.12. The van der Waals surface area contributed by atoms with Crippen LogP contribution in [0.1, 0.15) is 10.5 Å². The van der Waals surface area contributed by atoms with Crippen LogP contribution < -0.4 is 5.73 Å². The molecule has 2 heterocycles. The normalized spacial score (nSPS) is 11.0. The Labute approximate surface area is 134 Å². The summed E-state index contributed by atoms with van der Waals surface area (Å²) in [6.45, 7) is 0. The van der Waals surface area contributed by atoms with Gasteiger partial charge in [0.1, 0.15) is 5.82 Å². The number of anilines is 1. The van der Waals surface area contributed by atoms with Gasteiger partial charge < -0.3 is 15.5 Å². The van der Waals surface area contributed by atoms with Crippen molar-refractivity contribution in [3.63, 3.8) is 0 Å². The van der Waals surface area contributed by atoms with Crippen molar-refractivity contribution in [1.29, 1.82) is 0 Å². The highest BCUT2D eigenvalue weighted by atomic mass is 35.5. The number of nitrogen functional groups attached to an aromatic ring is 1. The highest BCUT2D eigenvalue weighted by Crippen LogP contribution is 2.34. The van der Waals surface area contributed by atoms with Crippen LogP contribution in [0, 0.1) is 11.6 Å². The monoisotopic (exact) mass is 337 g/mol. The van der Waals surface area contributed by atoms with Crippen molar-refractivity contribution >= 4 is 34.2 Å². The predicted molar refractivity (Wildman–Crippen MR) is 82.2 cm³/mol. The fourth-order valence-corrected chi connectivity index (χ4v) is 2.45. The number of hydrogen-bond acceptors (Lipinski definition) is 4. The third-order valence-electron chi connectivity index (χ3n) is 3.36. The van der Waals surface area contributed by atoms with E-state index in [2.05, 4.69) is 14.7 Å². The summed E-state index contributed by atoms with van der Waals surface area (Å²) in [5, 5.41) is 0.237. The number of pyridine rings is 1. The van der Waals surface area contributed by atoms with E-state index in [4.69, 9.17) is 17.3 Å². The molecule has 2 aromatic heterocycles. The molecule has 0 aliphatic heterocycles. The number of nitrogens with zero attached hydrogens (tertiary/aromatic N) is 1. The minimum absolute atomic E-state index is 0.0394. The average molecular weight is 338 g/mol. The van der Waals surface area contributed by atoms with E-state index in [0.29, 0.717) is 5.39 Å². The van der Waals surface area contributed by atoms with Gasteiger partial charge in [-0.15, -0.1) is 0 Å². The number of esters is 1. The Morgan fingerprint density at radius 3 is 2.83 bits per heavy atom. The predicted octanol–water partition coefficient (Wildman–Crippen LogP) is 3.53. The summed E-state index contributed by atoms with van der Waals surface area (Å²) in [6, 6.07) is 3.90. The number of carbonyl (C=O) groups excluding carboxylic acids is 1. The summed E-state index contributed by atoms with van der Waals surface area (Å²) in [5.74, 6) is -2.53. The van der Waals surface area contributed by atoms with Crippen LogP contribution in [-0.4, -0.2) is 23.0 Å². The number of hydrogen-bond donors (Lipinski definition) is 2. The maximum Gasteiger partial charge on any atom is 0.358 e. The number of nitrogens with one attached hydrogen (secondary N) is 1. The molecule has 0 unspecified atom stereocenters. The molecule has 0 spiro atoms. The number of carbonyl (C=O) groups is 1. The van der Waals surface area contributed by atoms with E-state index in [1.165, 1.54) is 18.3 Å². The number of benzene rings is 1. The molecule has 23 heavy (non-hydrogen) atoms. The number of fused-ring (bicyclic) bond motifs is 1. The van der Waals surface area contributed by atoms with Crippen LogP contribution in [0.4, 0.5) is 14.5 Å². The van der Waals surface area contributed by atoms with E-state index in [-0.39, 0.29) is 27.6 Å². The molecule has 8 heteroatoms. The summed E-state index contributed by atoms with van der Waals surface area (Å²) in [4.78, 5) is 18.3. The van der Waals surface area contributed by atoms with E-state index >= 15 is 0 Å². The summed E-state index contributed by atoms with van der Waals surface area (Å²) >= 11 is 5.90. The Morgan fingerprint density at radius 1 is 1.39 bits per heavy atom. The first-order chi connectivity index (χ1) is 10.9. The molecule has 0 aliphatic carbocycles. The largest absolute Gasteiger partial charge is 0.464 e. The summed E-state index contributed by atoms with van der Waals surface area (Å²) in [6.07, 6.45) is 1.49. The Bertz CT molecular complexity index is 940. The molecule has 0 atom stereocenters. The van der Waals surface area contributed by atoms with E-state index < -0.39 is 23.2 Å². The van der Waals surface area contributed by atoms with Crippen molar-refractivity contribution in [3.05, 3.63) is 46.7 Å². The van der Waals surface area contributed by atoms with Crippen molar-refractivity contribution in [2.75, 3.05) is 12.8 Å². The average Bonchev–Trinajstić information content (AvgIpc) is 2.98. The molecule has 0 aliphatic rings. The molecule has 1 aromatic carbocycles. The SMILES string of the molecule is COC(=O)c1nc(-c2c(F)cc3cc[nH]c3c2F)cc(N)c1Cl. The van der Waals surface area contributed by atoms with Crippen molar-refractivity contribution in [2.24, 2.45) is 0 Å². The van der Waals surface area contributed by atoms with Crippen molar-refractivity contribution in [3.8, 4) is 11.3 Å². The maximum atomic E-state index is 14.6. The number of aromatic nitrogens is 2. The van der Waals surface area contributed by atoms with Crippen LogP contribution in [-0.2, 0) is 4.74 Å². The molecule has 3 N–H and O–H groups in total. The molecular weight excluding hydrogens is 328 g/mol. The van der Waals surface area contributed by atoms with Gasteiger partial charge in [-0.05, 0) is 18.2 Å². The van der Waals surface area contributed by atoms with Gasteiger partial charge in [0.05, 0.1) is 34.6 Å². The first-order valence-corrected chi connectivity index (χ1v) is 6.81. The molecule has 5 nitrogen and oxygen atoms in total. The summed E-state index contributed by atoms with van der Waals surface area (Å²) in [7, 11) is 1.13. The number of aromatic amines is 1. The Balaban J connectivity index is 2.31. The molecule has 0 amide bonds. The van der Waals surface area contributed by atoms with E-state index in [1.54, 1.807) is 0 Å². The van der Waals surface area contributed by atoms with Gasteiger partial charge in [-0.1, -0.05) is 11.6 Å². The molecular formula is C15H10ClF2N3O2. The highest BCUT2D eigenvalue weighted by Gasteiger charge is 2.22. The molecule has 0 bridgehead atoms. The van der Waals surface area contributed by atoms with E-state index in [0.717, 1.165) is 13.2 Å². The van der Waals surface area contributed by atoms with E-state index in [9.17, 15) is 13.6 Å². The van der Waals surface area contributed by atoms with Crippen LogP contribution in [0.2, 0.25) is 5.02 Å². The van der Waals surface area contributed by atoms with Crippen molar-refractivity contribution < 1.29 is 18.3 Å². The third-order valence-corrected chi connectivity index (χ3v) is 3.76. The zero-order chi connectivity index (χ0) is 16.7. The zero-order valence-corrected chi connectivity index (χ0v) is 12.5. The fraction of sp³-hybridized carbons (Fsp3) is 0.0667. The molecule has 0 saturated carbocycles. The smallest absolute Gasteiger partial charge is 0.358 e. The quantitative estimate of drug-likeness (QED) is 0.701. The van der Waals surface area contributed by atoms with Crippen LogP contribution in [0.5, 0.6) is 0 Å². The molecule has 0 fully saturated rings. The van der Waals surface area contributed by atoms with Gasteiger partial charge in [0, 0.05) is 11.6 Å². The summed E-state index contributed by atoms with van der Waals surface area (Å²) in [5.41, 5.74) is 4.92. The van der Waals surface area contributed by atoms with Gasteiger partial charge in [0.25, 0.3) is 0 Å². The topological polar surface area (TPSA) is 81.0 Å². The summed E-state index contributed by atoms with van der Waals surface area (Å²) < 4.78 is 33.4. The maximum absolute atomic E-state index is 14.6. The highest BCUT2D eigenvalue weighted by molar-refractivity contribution is 6.35. The number of halogens is 3. The second-order valence-electron chi connectivity index (χ2n) is 4.74. The lowest BCUT2D eigenvalue weighted by Crippen LogP contribution is -2.09. The van der Waals surface area contributed by atoms with Crippen LogP contribution in [0.3, 0.4) is 0 Å². The van der Waals surface area contributed by atoms with Crippen molar-refractivity contribution in [2.45, 2.75) is 0 Å². The number of H-pyrrole nitrogens is 1. The van der Waals surface area contributed by atoms with Gasteiger partial charge in [0.15, 0.2) is 11.5 Å². The van der Waals surface area contributed by atoms with Crippen molar-refractivity contribution in [1.82, 2.24) is 9.97 Å². The number of ether oxygens (including phenoxy) is 1. The second kappa shape index (κ2) is 5.51. The Morgan fingerprint density at radius 2 is 2.13 bits per heavy atom. The fourth-order valence-electron chi connectivity index (χ4n) is 2.27. The number of rotatable bonds is 2. The lowest BCUT2D eigenvalue weighted by atomic mass is 10.1. The van der Waals surface area contributed by atoms with E-state index in [1.807, 2.05) is 0 Å².